The molecule has 0 saturated heterocycles. The first-order chi connectivity index (χ1) is 9.39. The molecule has 0 saturated carbocycles. The summed E-state index contributed by atoms with van der Waals surface area (Å²) in [4.78, 5) is 0. The number of rotatable bonds is 5. The second-order valence-electron chi connectivity index (χ2n) is 4.17. The van der Waals surface area contributed by atoms with Crippen molar-refractivity contribution in [2.75, 3.05) is 11.8 Å². The van der Waals surface area contributed by atoms with E-state index in [0.717, 1.165) is 0 Å². The molecule has 0 radical (unpaired) electrons. The second kappa shape index (κ2) is 5.41. The number of ether oxygens (including phenoxy) is 1. The Morgan fingerprint density at radius 2 is 2.15 bits per heavy atom. The lowest BCUT2D eigenvalue weighted by atomic mass is 10.3. The number of nitrogens with zero attached hydrogens (tertiary/aromatic N) is 1. The van der Waals surface area contributed by atoms with Crippen molar-refractivity contribution in [2.24, 2.45) is 0 Å². The molecule has 2 rings (SSSR count). The molecule has 8 heteroatoms. The molecule has 0 amide bonds. The van der Waals surface area contributed by atoms with Gasteiger partial charge in [-0.15, -0.1) is 0 Å². The summed E-state index contributed by atoms with van der Waals surface area (Å²) in [6.07, 6.45) is 0. The van der Waals surface area contributed by atoms with Crippen LogP contribution in [-0.4, -0.2) is 25.8 Å². The van der Waals surface area contributed by atoms with Gasteiger partial charge < -0.3 is 14.4 Å². The maximum absolute atomic E-state index is 12.0. The molecule has 0 spiro atoms. The number of sulfonamides is 1. The van der Waals surface area contributed by atoms with E-state index in [9.17, 15) is 13.5 Å². The van der Waals surface area contributed by atoms with Gasteiger partial charge in [-0.2, -0.15) is 0 Å². The van der Waals surface area contributed by atoms with Crippen LogP contribution in [0.2, 0.25) is 0 Å². The van der Waals surface area contributed by atoms with Gasteiger partial charge in [-0.05, 0) is 19.1 Å². The van der Waals surface area contributed by atoms with Crippen LogP contribution in [0.15, 0.2) is 28.8 Å². The highest BCUT2D eigenvalue weighted by molar-refractivity contribution is 7.91. The molecule has 7 nitrogen and oxygen atoms in total. The molecule has 0 unspecified atom stereocenters. The molecular formula is C12H14N2O5S. The molecule has 2 N–H and O–H groups in total. The summed E-state index contributed by atoms with van der Waals surface area (Å²) in [7, 11) is -2.26. The van der Waals surface area contributed by atoms with Crippen molar-refractivity contribution < 1.29 is 22.8 Å². The summed E-state index contributed by atoms with van der Waals surface area (Å²) in [5.41, 5.74) is 0.335. The number of methoxy groups -OCH3 is 1. The fraction of sp³-hybridized carbons (Fsp3) is 0.250. The SMILES string of the molecule is COc1ccc(O)c(NS(=O)(=O)Cc2cc(C)on2)c1. The number of phenols is 1. The maximum atomic E-state index is 12.0. The quantitative estimate of drug-likeness (QED) is 0.814. The van der Waals surface area contributed by atoms with Gasteiger partial charge in [-0.1, -0.05) is 5.16 Å². The van der Waals surface area contributed by atoms with Gasteiger partial charge in [0, 0.05) is 12.1 Å². The standard InChI is InChI=1S/C12H14N2O5S/c1-8-5-9(13-19-8)7-20(16,17)14-11-6-10(18-2)3-4-12(11)15/h3-6,14-15H,7H2,1-2H3. The number of aromatic hydroxyl groups is 1. The third kappa shape index (κ3) is 3.41. The van der Waals surface area contributed by atoms with Gasteiger partial charge in [0.15, 0.2) is 0 Å². The lowest BCUT2D eigenvalue weighted by Crippen LogP contribution is -2.15. The summed E-state index contributed by atoms with van der Waals surface area (Å²) in [6, 6.07) is 5.79. The fourth-order valence-corrected chi connectivity index (χ4v) is 2.70. The van der Waals surface area contributed by atoms with Gasteiger partial charge in [0.25, 0.3) is 0 Å². The second-order valence-corrected chi connectivity index (χ2v) is 5.90. The average molecular weight is 298 g/mol. The highest BCUT2D eigenvalue weighted by Crippen LogP contribution is 2.29. The molecule has 0 aliphatic heterocycles. The Labute approximate surface area is 116 Å². The van der Waals surface area contributed by atoms with E-state index >= 15 is 0 Å². The topological polar surface area (TPSA) is 102 Å². The van der Waals surface area contributed by atoms with Gasteiger partial charge in [0.1, 0.15) is 28.7 Å². The lowest BCUT2D eigenvalue weighted by molar-refractivity contribution is 0.392. The summed E-state index contributed by atoms with van der Waals surface area (Å²) < 4.78 is 36.0. The van der Waals surface area contributed by atoms with Crippen molar-refractivity contribution in [1.29, 1.82) is 0 Å². The zero-order chi connectivity index (χ0) is 14.8. The molecular weight excluding hydrogens is 284 g/mol. The minimum atomic E-state index is -3.71. The molecule has 1 heterocycles. The predicted molar refractivity (Wildman–Crippen MR) is 72.1 cm³/mol. The normalized spacial score (nSPS) is 11.3. The first-order valence-electron chi connectivity index (χ1n) is 5.69. The van der Waals surface area contributed by atoms with Crippen molar-refractivity contribution in [3.05, 3.63) is 35.7 Å². The Balaban J connectivity index is 2.19. The molecule has 108 valence electrons. The van der Waals surface area contributed by atoms with E-state index in [1.807, 2.05) is 0 Å². The third-order valence-electron chi connectivity index (χ3n) is 2.48. The van der Waals surface area contributed by atoms with Gasteiger partial charge in [-0.25, -0.2) is 8.42 Å². The average Bonchev–Trinajstić information content (AvgIpc) is 2.76. The summed E-state index contributed by atoms with van der Waals surface area (Å²) in [6.45, 7) is 1.67. The van der Waals surface area contributed by atoms with E-state index in [0.29, 0.717) is 11.5 Å². The van der Waals surface area contributed by atoms with E-state index in [4.69, 9.17) is 9.26 Å². The third-order valence-corrected chi connectivity index (χ3v) is 3.69. The number of aryl methyl sites for hydroxylation is 1. The van der Waals surface area contributed by atoms with Crippen molar-refractivity contribution >= 4 is 15.7 Å². The van der Waals surface area contributed by atoms with Crippen LogP contribution in [0.5, 0.6) is 11.5 Å². The summed E-state index contributed by atoms with van der Waals surface area (Å²) in [5, 5.41) is 13.3. The zero-order valence-electron chi connectivity index (χ0n) is 11.0. The smallest absolute Gasteiger partial charge is 0.238 e. The molecule has 0 fully saturated rings. The van der Waals surface area contributed by atoms with E-state index in [1.54, 1.807) is 6.92 Å². The molecule has 20 heavy (non-hydrogen) atoms. The zero-order valence-corrected chi connectivity index (χ0v) is 11.8. The number of phenolic OH excluding ortho intramolecular Hbond substituents is 1. The fourth-order valence-electron chi connectivity index (χ4n) is 1.61. The van der Waals surface area contributed by atoms with E-state index in [2.05, 4.69) is 9.88 Å². The molecule has 0 bridgehead atoms. The molecule has 1 aromatic carbocycles. The molecule has 1 aromatic heterocycles. The van der Waals surface area contributed by atoms with E-state index in [-0.39, 0.29) is 22.9 Å². The lowest BCUT2D eigenvalue weighted by Gasteiger charge is -2.10. The van der Waals surface area contributed by atoms with Crippen LogP contribution in [0, 0.1) is 6.92 Å². The number of aromatic nitrogens is 1. The molecule has 0 atom stereocenters. The van der Waals surface area contributed by atoms with Crippen LogP contribution in [0.1, 0.15) is 11.5 Å². The van der Waals surface area contributed by atoms with Crippen LogP contribution in [-0.2, 0) is 15.8 Å². The summed E-state index contributed by atoms with van der Waals surface area (Å²) >= 11 is 0. The van der Waals surface area contributed by atoms with Crippen molar-refractivity contribution in [3.63, 3.8) is 0 Å². The largest absolute Gasteiger partial charge is 0.506 e. The van der Waals surface area contributed by atoms with Crippen LogP contribution in [0.4, 0.5) is 5.69 Å². The van der Waals surface area contributed by atoms with Crippen molar-refractivity contribution in [1.82, 2.24) is 5.16 Å². The maximum Gasteiger partial charge on any atom is 0.238 e. The molecule has 0 aliphatic carbocycles. The van der Waals surface area contributed by atoms with Gasteiger partial charge in [0.05, 0.1) is 12.8 Å². The highest BCUT2D eigenvalue weighted by atomic mass is 32.2. The first-order valence-corrected chi connectivity index (χ1v) is 7.34. The number of anilines is 1. The van der Waals surface area contributed by atoms with Crippen molar-refractivity contribution in [2.45, 2.75) is 12.7 Å². The first kappa shape index (κ1) is 14.2. The van der Waals surface area contributed by atoms with E-state index in [1.165, 1.54) is 31.4 Å². The summed E-state index contributed by atoms with van der Waals surface area (Å²) in [5.74, 6) is 0.420. The Kier molecular flexibility index (Phi) is 3.84. The van der Waals surface area contributed by atoms with Crippen molar-refractivity contribution in [3.8, 4) is 11.5 Å². The van der Waals surface area contributed by atoms with Gasteiger partial charge >= 0.3 is 0 Å². The minimum absolute atomic E-state index is 0.0459. The number of benzene rings is 1. The Morgan fingerprint density at radius 1 is 1.40 bits per heavy atom. The van der Waals surface area contributed by atoms with Crippen LogP contribution >= 0.6 is 0 Å². The molecule has 0 aliphatic rings. The minimum Gasteiger partial charge on any atom is -0.506 e. The Morgan fingerprint density at radius 3 is 2.75 bits per heavy atom. The predicted octanol–water partition coefficient (Wildman–Crippen LogP) is 1.64. The highest BCUT2D eigenvalue weighted by Gasteiger charge is 2.17. The van der Waals surface area contributed by atoms with E-state index < -0.39 is 10.0 Å². The number of hydrogen-bond donors (Lipinski definition) is 2. The van der Waals surface area contributed by atoms with Gasteiger partial charge in [-0.3, -0.25) is 4.72 Å². The number of hydrogen-bond acceptors (Lipinski definition) is 6. The number of nitrogens with one attached hydrogen (secondary N) is 1. The van der Waals surface area contributed by atoms with Crippen LogP contribution < -0.4 is 9.46 Å². The monoisotopic (exact) mass is 298 g/mol. The van der Waals surface area contributed by atoms with Gasteiger partial charge in [0.2, 0.25) is 10.0 Å². The molecule has 2 aromatic rings. The van der Waals surface area contributed by atoms with Crippen LogP contribution in [0.3, 0.4) is 0 Å². The van der Waals surface area contributed by atoms with Crippen LogP contribution in [0.25, 0.3) is 0 Å². The Bertz CT molecular complexity index is 708. The Hall–Kier alpha value is -2.22.